The zero-order chi connectivity index (χ0) is 12.3. The Balaban J connectivity index is 2.83. The first kappa shape index (κ1) is 12.8. The fourth-order valence-electron chi connectivity index (χ4n) is 1.80. The van der Waals surface area contributed by atoms with Crippen LogP contribution in [0.5, 0.6) is 0 Å². The molecule has 0 aromatic carbocycles. The van der Waals surface area contributed by atoms with Gasteiger partial charge in [0.05, 0.1) is 0 Å². The maximum absolute atomic E-state index is 12.1. The van der Waals surface area contributed by atoms with Crippen molar-refractivity contribution in [1.29, 1.82) is 0 Å². The third-order valence-electron chi connectivity index (χ3n) is 2.97. The maximum atomic E-state index is 12.1. The quantitative estimate of drug-likeness (QED) is 0.602. The summed E-state index contributed by atoms with van der Waals surface area (Å²) in [5.41, 5.74) is 4.36. The van der Waals surface area contributed by atoms with Gasteiger partial charge in [0.25, 0.3) is 5.91 Å². The molecule has 1 aliphatic heterocycles. The Kier molecular flexibility index (Phi) is 3.74. The summed E-state index contributed by atoms with van der Waals surface area (Å²) in [6.07, 6.45) is 0.628. The van der Waals surface area contributed by atoms with E-state index in [-0.39, 0.29) is 11.8 Å². The minimum Gasteiger partial charge on any atom is -0.465 e. The number of carboxylic acid groups (broad SMARTS) is 1. The average molecular weight is 229 g/mol. The predicted molar refractivity (Wildman–Crippen MR) is 58.7 cm³/mol. The van der Waals surface area contributed by atoms with Crippen molar-refractivity contribution in [2.75, 3.05) is 13.1 Å². The van der Waals surface area contributed by atoms with Gasteiger partial charge in [-0.1, -0.05) is 13.8 Å². The highest BCUT2D eigenvalue weighted by molar-refractivity contribution is 5.89. The number of rotatable bonds is 3. The summed E-state index contributed by atoms with van der Waals surface area (Å²) >= 11 is 0. The lowest BCUT2D eigenvalue weighted by molar-refractivity contribution is -0.138. The molecule has 6 nitrogen and oxygen atoms in total. The zero-order valence-corrected chi connectivity index (χ0v) is 9.69. The zero-order valence-electron chi connectivity index (χ0n) is 9.69. The van der Waals surface area contributed by atoms with Crippen LogP contribution in [-0.2, 0) is 4.79 Å². The van der Waals surface area contributed by atoms with Crippen LogP contribution in [0.3, 0.4) is 0 Å². The Morgan fingerprint density at radius 3 is 2.25 bits per heavy atom. The number of nitrogens with two attached hydrogens (primary N) is 1. The summed E-state index contributed by atoms with van der Waals surface area (Å²) in [5, 5.41) is 10.9. The van der Waals surface area contributed by atoms with Gasteiger partial charge < -0.3 is 15.7 Å². The van der Waals surface area contributed by atoms with Gasteiger partial charge in [0, 0.05) is 13.1 Å². The van der Waals surface area contributed by atoms with Crippen LogP contribution in [0.25, 0.3) is 0 Å². The molecule has 6 heteroatoms. The van der Waals surface area contributed by atoms with Gasteiger partial charge in [-0.05, 0) is 18.8 Å². The molecule has 1 aliphatic rings. The van der Waals surface area contributed by atoms with Gasteiger partial charge in [-0.2, -0.15) is 0 Å². The lowest BCUT2D eigenvalue weighted by Crippen LogP contribution is -2.68. The van der Waals surface area contributed by atoms with Gasteiger partial charge in [0.1, 0.15) is 0 Å². The van der Waals surface area contributed by atoms with Crippen LogP contribution in [0.1, 0.15) is 26.7 Å². The SMILES string of the molecule is CC(C)[C@](N)(NC(=O)O)C(=O)N1CCCC1. The van der Waals surface area contributed by atoms with Crippen LogP contribution >= 0.6 is 0 Å². The van der Waals surface area contributed by atoms with E-state index < -0.39 is 11.8 Å². The largest absolute Gasteiger partial charge is 0.465 e. The van der Waals surface area contributed by atoms with E-state index in [9.17, 15) is 9.59 Å². The van der Waals surface area contributed by atoms with Crippen molar-refractivity contribution in [1.82, 2.24) is 10.2 Å². The van der Waals surface area contributed by atoms with Gasteiger partial charge in [-0.15, -0.1) is 0 Å². The summed E-state index contributed by atoms with van der Waals surface area (Å²) in [5.74, 6) is -0.626. The Morgan fingerprint density at radius 2 is 1.88 bits per heavy atom. The lowest BCUT2D eigenvalue weighted by atomic mass is 9.95. The fraction of sp³-hybridized carbons (Fsp3) is 0.800. The van der Waals surface area contributed by atoms with E-state index in [0.29, 0.717) is 13.1 Å². The number of likely N-dealkylation sites (tertiary alicyclic amines) is 1. The molecule has 1 atom stereocenters. The molecule has 1 rings (SSSR count). The Labute approximate surface area is 94.8 Å². The van der Waals surface area contributed by atoms with E-state index in [4.69, 9.17) is 10.8 Å². The first-order valence-corrected chi connectivity index (χ1v) is 5.47. The molecule has 2 amide bonds. The minimum absolute atomic E-state index is 0.295. The predicted octanol–water partition coefficient (Wildman–Crippen LogP) is 0.187. The minimum atomic E-state index is -1.52. The summed E-state index contributed by atoms with van der Waals surface area (Å²) in [6.45, 7) is 4.77. The molecule has 0 radical (unpaired) electrons. The number of hydrogen-bond donors (Lipinski definition) is 3. The molecule has 1 saturated heterocycles. The van der Waals surface area contributed by atoms with Crippen molar-refractivity contribution in [3.05, 3.63) is 0 Å². The monoisotopic (exact) mass is 229 g/mol. The third-order valence-corrected chi connectivity index (χ3v) is 2.97. The molecule has 1 fully saturated rings. The molecule has 0 aliphatic carbocycles. The highest BCUT2D eigenvalue weighted by atomic mass is 16.4. The van der Waals surface area contributed by atoms with E-state index in [1.54, 1.807) is 18.7 Å². The molecule has 0 aromatic heterocycles. The Morgan fingerprint density at radius 1 is 1.38 bits per heavy atom. The van der Waals surface area contributed by atoms with Crippen LogP contribution in [0.2, 0.25) is 0 Å². The maximum Gasteiger partial charge on any atom is 0.406 e. The van der Waals surface area contributed by atoms with Crippen molar-refractivity contribution < 1.29 is 14.7 Å². The summed E-state index contributed by atoms with van der Waals surface area (Å²) in [7, 11) is 0. The van der Waals surface area contributed by atoms with Crippen molar-refractivity contribution in [2.45, 2.75) is 32.4 Å². The number of carbonyl (C=O) groups is 2. The Hall–Kier alpha value is -1.30. The van der Waals surface area contributed by atoms with Gasteiger partial charge in [0.2, 0.25) is 0 Å². The second-order valence-electron chi connectivity index (χ2n) is 4.45. The van der Waals surface area contributed by atoms with Gasteiger partial charge in [-0.25, -0.2) is 4.79 Å². The number of nitrogens with one attached hydrogen (secondary N) is 1. The number of carbonyl (C=O) groups excluding carboxylic acids is 1. The number of nitrogens with zero attached hydrogens (tertiary/aromatic N) is 1. The summed E-state index contributed by atoms with van der Waals surface area (Å²) in [4.78, 5) is 24.4. The lowest BCUT2D eigenvalue weighted by Gasteiger charge is -2.35. The van der Waals surface area contributed by atoms with Gasteiger partial charge in [0.15, 0.2) is 5.66 Å². The fourth-order valence-corrected chi connectivity index (χ4v) is 1.80. The normalized spacial score (nSPS) is 19.6. The van der Waals surface area contributed by atoms with E-state index in [2.05, 4.69) is 5.32 Å². The summed E-state index contributed by atoms with van der Waals surface area (Å²) in [6, 6.07) is 0. The molecule has 92 valence electrons. The molecule has 1 heterocycles. The van der Waals surface area contributed by atoms with E-state index in [0.717, 1.165) is 12.8 Å². The molecule has 16 heavy (non-hydrogen) atoms. The van der Waals surface area contributed by atoms with Gasteiger partial charge in [-0.3, -0.25) is 10.1 Å². The highest BCUT2D eigenvalue weighted by Gasteiger charge is 2.42. The first-order chi connectivity index (χ1) is 7.38. The molecule has 0 bridgehead atoms. The molecular formula is C10H19N3O3. The molecule has 0 unspecified atom stereocenters. The van der Waals surface area contributed by atoms with Crippen molar-refractivity contribution in [3.8, 4) is 0 Å². The summed E-state index contributed by atoms with van der Waals surface area (Å²) < 4.78 is 0. The molecule has 4 N–H and O–H groups in total. The first-order valence-electron chi connectivity index (χ1n) is 5.47. The van der Waals surface area contributed by atoms with Crippen molar-refractivity contribution in [3.63, 3.8) is 0 Å². The molecule has 0 aromatic rings. The van der Waals surface area contributed by atoms with E-state index in [1.807, 2.05) is 0 Å². The molecular weight excluding hydrogens is 210 g/mol. The third kappa shape index (κ3) is 2.44. The number of hydrogen-bond acceptors (Lipinski definition) is 3. The van der Waals surface area contributed by atoms with Crippen LogP contribution in [0, 0.1) is 5.92 Å². The van der Waals surface area contributed by atoms with Crippen molar-refractivity contribution in [2.24, 2.45) is 11.7 Å². The van der Waals surface area contributed by atoms with E-state index in [1.165, 1.54) is 0 Å². The van der Waals surface area contributed by atoms with Crippen LogP contribution < -0.4 is 11.1 Å². The van der Waals surface area contributed by atoms with Crippen LogP contribution in [0.4, 0.5) is 4.79 Å². The van der Waals surface area contributed by atoms with E-state index >= 15 is 0 Å². The molecule has 0 spiro atoms. The highest BCUT2D eigenvalue weighted by Crippen LogP contribution is 2.18. The van der Waals surface area contributed by atoms with Gasteiger partial charge >= 0.3 is 6.09 Å². The van der Waals surface area contributed by atoms with Crippen molar-refractivity contribution >= 4 is 12.0 Å². The van der Waals surface area contributed by atoms with Crippen LogP contribution in [0.15, 0.2) is 0 Å². The van der Waals surface area contributed by atoms with Crippen LogP contribution in [-0.4, -0.2) is 40.8 Å². The average Bonchev–Trinajstić information content (AvgIpc) is 2.67. The molecule has 0 saturated carbocycles. The smallest absolute Gasteiger partial charge is 0.406 e. The standard InChI is InChI=1S/C10H19N3O3/c1-7(2)10(11,12-9(15)16)8(14)13-5-3-4-6-13/h7,12H,3-6,11H2,1-2H3,(H,15,16)/t10-/m0/s1. The number of amides is 2. The second kappa shape index (κ2) is 4.69. The topological polar surface area (TPSA) is 95.7 Å². The second-order valence-corrected chi connectivity index (χ2v) is 4.45. The Bertz CT molecular complexity index is 287.